The van der Waals surface area contributed by atoms with Crippen LogP contribution in [-0.2, 0) is 6.42 Å². The van der Waals surface area contributed by atoms with Crippen LogP contribution in [0.2, 0.25) is 0 Å². The van der Waals surface area contributed by atoms with Gasteiger partial charge in [-0.25, -0.2) is 0 Å². The Bertz CT molecular complexity index is 500. The molecule has 1 aliphatic carbocycles. The second kappa shape index (κ2) is 2.82. The molecule has 1 aliphatic rings. The van der Waals surface area contributed by atoms with Crippen molar-refractivity contribution in [3.63, 3.8) is 0 Å². The van der Waals surface area contributed by atoms with Gasteiger partial charge in [0.1, 0.15) is 0 Å². The quantitative estimate of drug-likeness (QED) is 0.470. The van der Waals surface area contributed by atoms with E-state index >= 15 is 0 Å². The molecule has 0 N–H and O–H groups in total. The van der Waals surface area contributed by atoms with Gasteiger partial charge in [0, 0.05) is 10.2 Å². The number of benzene rings is 2. The van der Waals surface area contributed by atoms with Crippen LogP contribution in [0, 0.1) is 6.07 Å². The predicted octanol–water partition coefficient (Wildman–Crippen LogP) is 1.05. The van der Waals surface area contributed by atoms with Crippen molar-refractivity contribution in [1.29, 1.82) is 0 Å². The molecule has 67 valence electrons. The summed E-state index contributed by atoms with van der Waals surface area (Å²) in [5, 5.41) is 1.37. The smallest absolute Gasteiger partial charge is 0.0393 e. The zero-order valence-corrected chi connectivity index (χ0v) is 10.2. The van der Waals surface area contributed by atoms with E-state index in [1.54, 1.807) is 0 Å². The fourth-order valence-corrected chi connectivity index (χ4v) is 2.64. The van der Waals surface area contributed by atoms with Crippen LogP contribution in [0.4, 0.5) is 0 Å². The largest absolute Gasteiger partial charge is 0.0628 e. The van der Waals surface area contributed by atoms with Crippen LogP contribution in [-0.4, -0.2) is 10.2 Å². The van der Waals surface area contributed by atoms with Gasteiger partial charge in [-0.15, -0.1) is 0 Å². The van der Waals surface area contributed by atoms with Crippen LogP contribution < -0.4 is 5.19 Å². The number of hydrogen-bond donors (Lipinski definition) is 0. The molecule has 0 spiro atoms. The normalized spacial score (nSPS) is 12.6. The third kappa shape index (κ3) is 1.06. The van der Waals surface area contributed by atoms with Crippen molar-refractivity contribution < 1.29 is 0 Å². The maximum Gasteiger partial charge on any atom is 0.0393 e. The highest BCUT2D eigenvalue weighted by molar-refractivity contribution is 6.32. The average Bonchev–Trinajstić information content (AvgIpc) is 2.54. The van der Waals surface area contributed by atoms with Gasteiger partial charge in [0.15, 0.2) is 0 Å². The summed E-state index contributed by atoms with van der Waals surface area (Å²) in [7, 11) is 1.10. The predicted molar refractivity (Wildman–Crippen MR) is 63.1 cm³/mol. The molecule has 3 rings (SSSR count). The summed E-state index contributed by atoms with van der Waals surface area (Å²) in [5.74, 6) is 0. The molecule has 0 bridgehead atoms. The molecule has 14 heavy (non-hydrogen) atoms. The molecule has 0 saturated heterocycles. The van der Waals surface area contributed by atoms with Crippen molar-refractivity contribution >= 4 is 15.4 Å². The molecular weight excluding hydrogens is 184 g/mol. The van der Waals surface area contributed by atoms with E-state index in [-0.39, 0.29) is 0 Å². The maximum atomic E-state index is 3.50. The lowest BCUT2D eigenvalue weighted by atomic mass is 10.1. The molecule has 0 nitrogen and oxygen atoms in total. The van der Waals surface area contributed by atoms with Gasteiger partial charge < -0.3 is 0 Å². The van der Waals surface area contributed by atoms with E-state index in [0.29, 0.717) is 0 Å². The van der Waals surface area contributed by atoms with Crippen LogP contribution in [0.3, 0.4) is 0 Å². The van der Waals surface area contributed by atoms with Crippen molar-refractivity contribution in [1.82, 2.24) is 0 Å². The van der Waals surface area contributed by atoms with Crippen LogP contribution in [0.15, 0.2) is 36.4 Å². The van der Waals surface area contributed by atoms with Gasteiger partial charge in [-0.3, -0.25) is 0 Å². The molecule has 0 atom stereocenters. The zero-order chi connectivity index (χ0) is 9.54. The Labute approximate surface area is 87.0 Å². The SMILES string of the molecule is [SiH3]c1[c]c2c(cc1)-c1ccccc1C2. The maximum absolute atomic E-state index is 3.50. The molecule has 1 heteroatoms. The van der Waals surface area contributed by atoms with Gasteiger partial charge in [-0.2, -0.15) is 0 Å². The molecule has 0 saturated carbocycles. The topological polar surface area (TPSA) is 0 Å². The first-order valence-corrected chi connectivity index (χ1v) is 5.95. The van der Waals surface area contributed by atoms with E-state index in [9.17, 15) is 0 Å². The molecule has 0 aromatic heterocycles. The Morgan fingerprint density at radius 2 is 1.86 bits per heavy atom. The van der Waals surface area contributed by atoms with Gasteiger partial charge in [-0.1, -0.05) is 41.6 Å². The fraction of sp³-hybridized carbons (Fsp3) is 0.0769. The van der Waals surface area contributed by atoms with E-state index in [4.69, 9.17) is 0 Å². The standard InChI is InChI=1S/C13H11Si/c14-11-5-6-13-10(8-11)7-9-3-1-2-4-12(9)13/h1-6H,7H2,14H3. The lowest BCUT2D eigenvalue weighted by Gasteiger charge is -2.00. The van der Waals surface area contributed by atoms with E-state index in [0.717, 1.165) is 16.7 Å². The molecule has 1 radical (unpaired) electrons. The van der Waals surface area contributed by atoms with Crippen molar-refractivity contribution in [3.8, 4) is 11.1 Å². The summed E-state index contributed by atoms with van der Waals surface area (Å²) in [6, 6.07) is 16.6. The number of rotatable bonds is 0. The van der Waals surface area contributed by atoms with Crippen molar-refractivity contribution in [2.75, 3.05) is 0 Å². The summed E-state index contributed by atoms with van der Waals surface area (Å²) < 4.78 is 0. The number of fused-ring (bicyclic) bond motifs is 3. The summed E-state index contributed by atoms with van der Waals surface area (Å²) >= 11 is 0. The first-order valence-electron chi connectivity index (χ1n) is 4.95. The molecule has 0 amide bonds. The van der Waals surface area contributed by atoms with Crippen LogP contribution in [0.1, 0.15) is 11.1 Å². The minimum atomic E-state index is 1.07. The van der Waals surface area contributed by atoms with Crippen LogP contribution in [0.5, 0.6) is 0 Å². The molecule has 0 unspecified atom stereocenters. The minimum Gasteiger partial charge on any atom is -0.0628 e. The van der Waals surface area contributed by atoms with Gasteiger partial charge >= 0.3 is 0 Å². The summed E-state index contributed by atoms with van der Waals surface area (Å²) in [4.78, 5) is 0. The first-order chi connectivity index (χ1) is 6.84. The first kappa shape index (κ1) is 8.01. The van der Waals surface area contributed by atoms with Crippen molar-refractivity contribution in [2.45, 2.75) is 6.42 Å². The second-order valence-corrected chi connectivity index (χ2v) is 4.94. The highest BCUT2D eigenvalue weighted by atomic mass is 28.1. The van der Waals surface area contributed by atoms with Gasteiger partial charge in [0.2, 0.25) is 0 Å². The third-order valence-corrected chi connectivity index (χ3v) is 3.43. The lowest BCUT2D eigenvalue weighted by molar-refractivity contribution is 1.26. The highest BCUT2D eigenvalue weighted by Gasteiger charge is 2.16. The Morgan fingerprint density at radius 3 is 2.79 bits per heavy atom. The third-order valence-electron chi connectivity index (χ3n) is 2.85. The molecule has 2 aromatic carbocycles. The summed E-state index contributed by atoms with van der Waals surface area (Å²) in [6.45, 7) is 0. The fourth-order valence-electron chi connectivity index (χ4n) is 2.18. The zero-order valence-electron chi connectivity index (χ0n) is 8.17. The Hall–Kier alpha value is -1.34. The van der Waals surface area contributed by atoms with E-state index in [2.05, 4.69) is 42.5 Å². The van der Waals surface area contributed by atoms with E-state index < -0.39 is 0 Å². The van der Waals surface area contributed by atoms with Gasteiger partial charge in [0.25, 0.3) is 0 Å². The second-order valence-electron chi connectivity index (χ2n) is 3.87. The Kier molecular flexibility index (Phi) is 1.61. The van der Waals surface area contributed by atoms with E-state index in [1.165, 1.54) is 27.4 Å². The van der Waals surface area contributed by atoms with Gasteiger partial charge in [-0.05, 0) is 34.7 Å². The molecule has 0 fully saturated rings. The van der Waals surface area contributed by atoms with Gasteiger partial charge in [0.05, 0.1) is 0 Å². The highest BCUT2D eigenvalue weighted by Crippen LogP contribution is 2.34. The van der Waals surface area contributed by atoms with E-state index in [1.807, 2.05) is 0 Å². The summed E-state index contributed by atoms with van der Waals surface area (Å²) in [6.07, 6.45) is 1.07. The Morgan fingerprint density at radius 1 is 1.00 bits per heavy atom. The molecular formula is C13H11Si. The van der Waals surface area contributed by atoms with Crippen LogP contribution in [0.25, 0.3) is 11.1 Å². The molecule has 2 aromatic rings. The number of hydrogen-bond acceptors (Lipinski definition) is 0. The Balaban J connectivity index is 2.27. The summed E-state index contributed by atoms with van der Waals surface area (Å²) in [5.41, 5.74) is 5.63. The monoisotopic (exact) mass is 195 g/mol. The lowest BCUT2D eigenvalue weighted by Crippen LogP contribution is -2.02. The van der Waals surface area contributed by atoms with Crippen molar-refractivity contribution in [3.05, 3.63) is 53.6 Å². The van der Waals surface area contributed by atoms with Crippen molar-refractivity contribution in [2.24, 2.45) is 0 Å². The minimum absolute atomic E-state index is 1.07. The average molecular weight is 195 g/mol. The molecule has 0 heterocycles. The molecule has 0 aliphatic heterocycles. The van der Waals surface area contributed by atoms with Crippen LogP contribution >= 0.6 is 0 Å².